The molecule has 0 saturated carbocycles. The number of rotatable bonds is 8. The topological polar surface area (TPSA) is 41.5 Å². The van der Waals surface area contributed by atoms with Gasteiger partial charge in [0.2, 0.25) is 0 Å². The van der Waals surface area contributed by atoms with E-state index < -0.39 is 9.73 Å². The van der Waals surface area contributed by atoms with Crippen LogP contribution in [-0.4, -0.2) is 10.5 Å². The Morgan fingerprint density at radius 2 is 1.33 bits per heavy atom. The lowest BCUT2D eigenvalue weighted by Crippen LogP contribution is -2.11. The number of anilines is 1. The molecule has 3 aromatic carbocycles. The van der Waals surface area contributed by atoms with Crippen molar-refractivity contribution in [2.24, 2.45) is 4.36 Å². The zero-order chi connectivity index (χ0) is 24.2. The first kappa shape index (κ1) is 25.0. The van der Waals surface area contributed by atoms with Crippen molar-refractivity contribution in [3.8, 4) is 0 Å². The first-order valence-electron chi connectivity index (χ1n) is 11.9. The van der Waals surface area contributed by atoms with Crippen molar-refractivity contribution in [3.05, 3.63) is 89.0 Å². The van der Waals surface area contributed by atoms with Crippen LogP contribution < -0.4 is 5.32 Å². The van der Waals surface area contributed by atoms with Crippen LogP contribution in [0.25, 0.3) is 0 Å². The van der Waals surface area contributed by atoms with Gasteiger partial charge in [-0.2, -0.15) is 4.36 Å². The summed E-state index contributed by atoms with van der Waals surface area (Å²) in [5.41, 5.74) is 7.19. The van der Waals surface area contributed by atoms with Crippen LogP contribution in [0.1, 0.15) is 81.5 Å². The number of benzene rings is 3. The number of hydrogen-bond acceptors (Lipinski definition) is 3. The van der Waals surface area contributed by atoms with Gasteiger partial charge in [-0.1, -0.05) is 84.0 Å². The summed E-state index contributed by atoms with van der Waals surface area (Å²) in [4.78, 5) is 0.744. The van der Waals surface area contributed by atoms with Crippen molar-refractivity contribution in [1.29, 1.82) is 0 Å². The molecule has 0 aromatic heterocycles. The Kier molecular flexibility index (Phi) is 8.01. The van der Waals surface area contributed by atoms with Gasteiger partial charge >= 0.3 is 0 Å². The highest BCUT2D eigenvalue weighted by Gasteiger charge is 2.17. The normalized spacial score (nSPS) is 13.4. The molecule has 0 radical (unpaired) electrons. The predicted molar refractivity (Wildman–Crippen MR) is 143 cm³/mol. The second-order valence-electron chi connectivity index (χ2n) is 9.72. The lowest BCUT2D eigenvalue weighted by molar-refractivity contribution is 0.681. The molecule has 0 heterocycles. The molecule has 0 aliphatic carbocycles. The molecule has 3 rings (SSSR count). The number of nitrogens with one attached hydrogen (secondary N) is 1. The third-order valence-corrected chi connectivity index (χ3v) is 7.76. The Morgan fingerprint density at radius 1 is 0.788 bits per heavy atom. The first-order valence-corrected chi connectivity index (χ1v) is 13.8. The van der Waals surface area contributed by atoms with Crippen LogP contribution in [0, 0.1) is 0 Å². The minimum Gasteiger partial charge on any atom is -0.379 e. The third-order valence-electron chi connectivity index (χ3n) is 6.06. The summed E-state index contributed by atoms with van der Waals surface area (Å²) in [5.74, 6) is 1.37. The number of hydrogen-bond donors (Lipinski definition) is 1. The van der Waals surface area contributed by atoms with Gasteiger partial charge in [0.25, 0.3) is 0 Å². The average molecular weight is 463 g/mol. The van der Waals surface area contributed by atoms with E-state index in [9.17, 15) is 4.21 Å². The first-order chi connectivity index (χ1) is 15.6. The maximum Gasteiger partial charge on any atom is 0.0964 e. The molecule has 3 aromatic rings. The van der Waals surface area contributed by atoms with Crippen molar-refractivity contribution in [2.45, 2.75) is 70.7 Å². The number of para-hydroxylation sites is 1. The van der Waals surface area contributed by atoms with Crippen LogP contribution in [0.2, 0.25) is 0 Å². The van der Waals surface area contributed by atoms with Crippen molar-refractivity contribution in [1.82, 2.24) is 0 Å². The molecule has 0 spiro atoms. The smallest absolute Gasteiger partial charge is 0.0964 e. The standard InChI is InChI=1S/C29H38N2OS/c1-20(2)23-17-25(21(3)4)27(26(18-23)22(5)6)19-30-28-15-11-12-16-29(28)31-33(7,32)24-13-9-8-10-14-24/h8-18,20-22,30H,19H2,1-7H3/t33-/m0/s1. The van der Waals surface area contributed by atoms with Gasteiger partial charge in [0.05, 0.1) is 21.1 Å². The van der Waals surface area contributed by atoms with E-state index in [0.29, 0.717) is 24.3 Å². The maximum absolute atomic E-state index is 13.4. The highest BCUT2D eigenvalue weighted by molar-refractivity contribution is 7.93. The molecule has 1 atom stereocenters. The molecule has 0 unspecified atom stereocenters. The molecule has 4 heteroatoms. The van der Waals surface area contributed by atoms with Gasteiger partial charge in [0.1, 0.15) is 0 Å². The SMILES string of the molecule is CC(C)c1cc(C(C)C)c(CNc2ccccc2N=[S@@](C)(=O)c2ccccc2)c(C(C)C)c1. The van der Waals surface area contributed by atoms with E-state index in [4.69, 9.17) is 4.36 Å². The minimum absolute atomic E-state index is 0.436. The highest BCUT2D eigenvalue weighted by atomic mass is 32.2. The minimum atomic E-state index is -2.54. The molecular weight excluding hydrogens is 424 g/mol. The largest absolute Gasteiger partial charge is 0.379 e. The lowest BCUT2D eigenvalue weighted by atomic mass is 9.84. The molecule has 3 nitrogen and oxygen atoms in total. The lowest BCUT2D eigenvalue weighted by Gasteiger charge is -2.24. The van der Waals surface area contributed by atoms with E-state index in [1.165, 1.54) is 22.3 Å². The van der Waals surface area contributed by atoms with Crippen molar-refractivity contribution >= 4 is 21.1 Å². The molecule has 0 aliphatic rings. The fraction of sp³-hybridized carbons (Fsp3) is 0.379. The van der Waals surface area contributed by atoms with E-state index in [1.54, 1.807) is 6.26 Å². The second kappa shape index (κ2) is 10.6. The zero-order valence-electron chi connectivity index (χ0n) is 21.1. The van der Waals surface area contributed by atoms with Gasteiger partial charge in [-0.25, -0.2) is 4.21 Å². The molecule has 176 valence electrons. The molecule has 33 heavy (non-hydrogen) atoms. The number of nitrogens with zero attached hydrogens (tertiary/aromatic N) is 1. The van der Waals surface area contributed by atoms with Gasteiger partial charge in [-0.05, 0) is 64.3 Å². The van der Waals surface area contributed by atoms with E-state index in [1.807, 2.05) is 54.6 Å². The van der Waals surface area contributed by atoms with Gasteiger partial charge < -0.3 is 5.32 Å². The molecule has 0 amide bonds. The van der Waals surface area contributed by atoms with Gasteiger partial charge in [0, 0.05) is 17.7 Å². The fourth-order valence-electron chi connectivity index (χ4n) is 4.11. The summed E-state index contributed by atoms with van der Waals surface area (Å²) in [6.07, 6.45) is 1.71. The Balaban J connectivity index is 2.01. The van der Waals surface area contributed by atoms with E-state index in [0.717, 1.165) is 16.3 Å². The van der Waals surface area contributed by atoms with E-state index in [-0.39, 0.29) is 0 Å². The Hall–Kier alpha value is -2.59. The summed E-state index contributed by atoms with van der Waals surface area (Å²) in [7, 11) is -2.54. The summed E-state index contributed by atoms with van der Waals surface area (Å²) in [6, 6.07) is 22.1. The maximum atomic E-state index is 13.4. The quantitative estimate of drug-likeness (QED) is 0.365. The molecule has 0 aliphatic heterocycles. The summed E-state index contributed by atoms with van der Waals surface area (Å²) in [5, 5.41) is 3.62. The molecular formula is C29H38N2OS. The van der Waals surface area contributed by atoms with Crippen LogP contribution in [0.4, 0.5) is 11.4 Å². The van der Waals surface area contributed by atoms with Crippen LogP contribution in [-0.2, 0) is 16.3 Å². The van der Waals surface area contributed by atoms with Gasteiger partial charge in [-0.15, -0.1) is 0 Å². The van der Waals surface area contributed by atoms with Crippen LogP contribution in [0.15, 0.2) is 76.0 Å². The molecule has 0 bridgehead atoms. The van der Waals surface area contributed by atoms with E-state index >= 15 is 0 Å². The Morgan fingerprint density at radius 3 is 1.88 bits per heavy atom. The average Bonchev–Trinajstić information content (AvgIpc) is 2.78. The monoisotopic (exact) mass is 462 g/mol. The molecule has 0 saturated heterocycles. The third kappa shape index (κ3) is 6.05. The van der Waals surface area contributed by atoms with Crippen molar-refractivity contribution in [3.63, 3.8) is 0 Å². The van der Waals surface area contributed by atoms with Gasteiger partial charge in [-0.3, -0.25) is 0 Å². The van der Waals surface area contributed by atoms with Crippen molar-refractivity contribution < 1.29 is 4.21 Å². The second-order valence-corrected chi connectivity index (χ2v) is 12.0. The van der Waals surface area contributed by atoms with E-state index in [2.05, 4.69) is 59.0 Å². The molecule has 1 N–H and O–H groups in total. The Labute approximate surface area is 200 Å². The fourth-order valence-corrected chi connectivity index (χ4v) is 5.41. The van der Waals surface area contributed by atoms with Gasteiger partial charge in [0.15, 0.2) is 0 Å². The van der Waals surface area contributed by atoms with Crippen molar-refractivity contribution in [2.75, 3.05) is 11.6 Å². The Bertz CT molecular complexity index is 1170. The van der Waals surface area contributed by atoms with Crippen LogP contribution in [0.3, 0.4) is 0 Å². The predicted octanol–water partition coefficient (Wildman–Crippen LogP) is 8.46. The van der Waals surface area contributed by atoms with Crippen LogP contribution in [0.5, 0.6) is 0 Å². The molecule has 0 fully saturated rings. The van der Waals surface area contributed by atoms with Crippen LogP contribution >= 0.6 is 0 Å². The highest BCUT2D eigenvalue weighted by Crippen LogP contribution is 2.34. The zero-order valence-corrected chi connectivity index (χ0v) is 21.9. The summed E-state index contributed by atoms with van der Waals surface area (Å²) < 4.78 is 18.1. The summed E-state index contributed by atoms with van der Waals surface area (Å²) >= 11 is 0. The summed E-state index contributed by atoms with van der Waals surface area (Å²) in [6.45, 7) is 14.3.